The number of aliphatic hydroxyl groups excluding tert-OH is 1. The van der Waals surface area contributed by atoms with Crippen LogP contribution in [0.2, 0.25) is 0 Å². The van der Waals surface area contributed by atoms with E-state index >= 15 is 0 Å². The summed E-state index contributed by atoms with van der Waals surface area (Å²) in [6.45, 7) is 1.21. The van der Waals surface area contributed by atoms with E-state index in [2.05, 4.69) is 5.18 Å². The van der Waals surface area contributed by atoms with Crippen molar-refractivity contribution < 1.29 is 19.8 Å². The summed E-state index contributed by atoms with van der Waals surface area (Å²) in [7, 11) is 0. The molecule has 0 rings (SSSR count). The first-order valence-electron chi connectivity index (χ1n) is 4.89. The molecule has 0 bridgehead atoms. The molecule has 0 fully saturated rings. The molecule has 7 nitrogen and oxygen atoms in total. The molecular formula is C9H16N2O5. The number of hydrogen-bond donors (Lipinski definition) is 2. The minimum absolute atomic E-state index is 0.0678. The van der Waals surface area contributed by atoms with Crippen LogP contribution in [0.15, 0.2) is 5.18 Å². The van der Waals surface area contributed by atoms with Crippen molar-refractivity contribution in [2.45, 2.75) is 19.4 Å². The zero-order chi connectivity index (χ0) is 12.6. The molecule has 2 N–H and O–H groups in total. The van der Waals surface area contributed by atoms with Crippen molar-refractivity contribution in [3.8, 4) is 0 Å². The van der Waals surface area contributed by atoms with Gasteiger partial charge >= 0.3 is 5.97 Å². The molecule has 0 saturated carbocycles. The van der Waals surface area contributed by atoms with Gasteiger partial charge in [0.2, 0.25) is 0 Å². The molecule has 16 heavy (non-hydrogen) atoms. The zero-order valence-electron chi connectivity index (χ0n) is 9.13. The monoisotopic (exact) mass is 232 g/mol. The Morgan fingerprint density at radius 1 is 1.38 bits per heavy atom. The summed E-state index contributed by atoms with van der Waals surface area (Å²) in [5, 5.41) is 20.3. The quantitative estimate of drug-likeness (QED) is 0.518. The summed E-state index contributed by atoms with van der Waals surface area (Å²) < 4.78 is 0. The van der Waals surface area contributed by atoms with E-state index < -0.39 is 12.0 Å². The Bertz CT molecular complexity index is 256. The Morgan fingerprint density at radius 2 is 2.00 bits per heavy atom. The minimum Gasteiger partial charge on any atom is -0.480 e. The number of ketones is 1. The van der Waals surface area contributed by atoms with Gasteiger partial charge in [-0.25, -0.2) is 0 Å². The molecule has 92 valence electrons. The Morgan fingerprint density at radius 3 is 2.38 bits per heavy atom. The highest BCUT2D eigenvalue weighted by atomic mass is 16.4. The van der Waals surface area contributed by atoms with Crippen molar-refractivity contribution in [1.29, 1.82) is 0 Å². The summed E-state index contributed by atoms with van der Waals surface area (Å²) in [4.78, 5) is 33.2. The predicted molar refractivity (Wildman–Crippen MR) is 56.0 cm³/mol. The van der Waals surface area contributed by atoms with E-state index in [1.165, 1.54) is 11.8 Å². The van der Waals surface area contributed by atoms with Gasteiger partial charge < -0.3 is 10.2 Å². The van der Waals surface area contributed by atoms with Gasteiger partial charge in [0.15, 0.2) is 0 Å². The van der Waals surface area contributed by atoms with Gasteiger partial charge in [0, 0.05) is 19.5 Å². The van der Waals surface area contributed by atoms with Gasteiger partial charge in [-0.05, 0) is 6.92 Å². The predicted octanol–water partition coefficient (Wildman–Crippen LogP) is -0.521. The second-order valence-electron chi connectivity index (χ2n) is 3.37. The van der Waals surface area contributed by atoms with Gasteiger partial charge in [-0.15, -0.1) is 0 Å². The van der Waals surface area contributed by atoms with Gasteiger partial charge in [-0.2, -0.15) is 4.91 Å². The molecule has 0 aliphatic heterocycles. The molecule has 0 radical (unpaired) electrons. The van der Waals surface area contributed by atoms with Gasteiger partial charge in [0.05, 0.1) is 13.2 Å². The fourth-order valence-corrected chi connectivity index (χ4v) is 1.37. The third-order valence-corrected chi connectivity index (χ3v) is 2.07. The molecule has 0 saturated heterocycles. The van der Waals surface area contributed by atoms with Crippen LogP contribution in [0.5, 0.6) is 0 Å². The summed E-state index contributed by atoms with van der Waals surface area (Å²) in [5.74, 6) is -1.40. The molecular weight excluding hydrogens is 216 g/mol. The second kappa shape index (κ2) is 7.89. The zero-order valence-corrected chi connectivity index (χ0v) is 9.13. The van der Waals surface area contributed by atoms with Crippen LogP contribution in [0.4, 0.5) is 0 Å². The van der Waals surface area contributed by atoms with E-state index in [9.17, 15) is 14.5 Å². The highest BCUT2D eigenvalue weighted by Gasteiger charge is 2.26. The lowest BCUT2D eigenvalue weighted by Crippen LogP contribution is -2.45. The maximum absolute atomic E-state index is 10.9. The molecule has 0 heterocycles. The molecule has 0 aliphatic carbocycles. The normalized spacial score (nSPS) is 12.4. The molecule has 0 aromatic heterocycles. The van der Waals surface area contributed by atoms with Gasteiger partial charge in [-0.3, -0.25) is 14.5 Å². The molecule has 0 amide bonds. The molecule has 1 atom stereocenters. The Balaban J connectivity index is 4.56. The van der Waals surface area contributed by atoms with Crippen molar-refractivity contribution in [3.63, 3.8) is 0 Å². The molecule has 1 unspecified atom stereocenters. The van der Waals surface area contributed by atoms with Crippen molar-refractivity contribution in [3.05, 3.63) is 4.91 Å². The molecule has 0 aromatic rings. The van der Waals surface area contributed by atoms with Crippen molar-refractivity contribution >= 4 is 11.8 Å². The fraction of sp³-hybridized carbons (Fsp3) is 0.778. The number of rotatable bonds is 9. The van der Waals surface area contributed by atoms with Crippen LogP contribution in [0.1, 0.15) is 13.3 Å². The first kappa shape index (κ1) is 14.7. The Labute approximate surface area is 93.0 Å². The number of carbonyl (C=O) groups is 2. The number of Topliss-reactive ketones (excluding diaryl/α,β-unsaturated/α-hetero) is 1. The van der Waals surface area contributed by atoms with E-state index in [4.69, 9.17) is 10.2 Å². The van der Waals surface area contributed by atoms with E-state index in [0.717, 1.165) is 0 Å². The van der Waals surface area contributed by atoms with Gasteiger partial charge in [0.25, 0.3) is 0 Å². The number of nitroso groups, excluding NO2 is 1. The summed E-state index contributed by atoms with van der Waals surface area (Å²) in [5.41, 5.74) is 0. The Kier molecular flexibility index (Phi) is 7.23. The lowest BCUT2D eigenvalue weighted by molar-refractivity contribution is -0.145. The van der Waals surface area contributed by atoms with E-state index in [0.29, 0.717) is 0 Å². The van der Waals surface area contributed by atoms with Crippen molar-refractivity contribution in [2.75, 3.05) is 26.2 Å². The highest BCUT2D eigenvalue weighted by Crippen LogP contribution is 2.05. The average Bonchev–Trinajstić information content (AvgIpc) is 2.20. The first-order chi connectivity index (χ1) is 7.52. The number of carbonyl (C=O) groups excluding carboxylic acids is 1. The summed E-state index contributed by atoms with van der Waals surface area (Å²) in [6.07, 6.45) is -0.145. The largest absolute Gasteiger partial charge is 0.480 e. The number of aliphatic hydroxyl groups is 1. The number of aliphatic carboxylic acids is 1. The lowest BCUT2D eigenvalue weighted by atomic mass is 10.1. The van der Waals surface area contributed by atoms with E-state index in [1.54, 1.807) is 0 Å². The van der Waals surface area contributed by atoms with Crippen LogP contribution < -0.4 is 0 Å². The standard InChI is InChI=1S/C9H16N2O5/c1-7(13)6-8(9(14)15)11(4-5-12)3-2-10-16/h8,12H,2-6H2,1H3,(H,14,15). The smallest absolute Gasteiger partial charge is 0.321 e. The molecule has 0 spiro atoms. The topological polar surface area (TPSA) is 107 Å². The Hall–Kier alpha value is -1.34. The maximum atomic E-state index is 10.9. The second-order valence-corrected chi connectivity index (χ2v) is 3.37. The average molecular weight is 232 g/mol. The van der Waals surface area contributed by atoms with E-state index in [1.807, 2.05) is 0 Å². The molecule has 0 aromatic carbocycles. The van der Waals surface area contributed by atoms with Crippen LogP contribution in [0.25, 0.3) is 0 Å². The maximum Gasteiger partial charge on any atom is 0.321 e. The number of carboxylic acid groups (broad SMARTS) is 1. The summed E-state index contributed by atoms with van der Waals surface area (Å²) in [6, 6.07) is -1.01. The van der Waals surface area contributed by atoms with E-state index in [-0.39, 0.29) is 38.4 Å². The van der Waals surface area contributed by atoms with Crippen LogP contribution in [-0.4, -0.2) is 59.1 Å². The summed E-state index contributed by atoms with van der Waals surface area (Å²) >= 11 is 0. The van der Waals surface area contributed by atoms with Crippen LogP contribution in [0.3, 0.4) is 0 Å². The minimum atomic E-state index is -1.14. The number of nitrogens with zero attached hydrogens (tertiary/aromatic N) is 2. The third kappa shape index (κ3) is 5.52. The van der Waals surface area contributed by atoms with Crippen molar-refractivity contribution in [2.24, 2.45) is 5.18 Å². The van der Waals surface area contributed by atoms with Crippen LogP contribution in [-0.2, 0) is 9.59 Å². The van der Waals surface area contributed by atoms with Gasteiger partial charge in [-0.1, -0.05) is 5.18 Å². The van der Waals surface area contributed by atoms with Gasteiger partial charge in [0.1, 0.15) is 11.8 Å². The highest BCUT2D eigenvalue weighted by molar-refractivity contribution is 5.84. The first-order valence-corrected chi connectivity index (χ1v) is 4.89. The molecule has 7 heteroatoms. The lowest BCUT2D eigenvalue weighted by Gasteiger charge is -2.26. The van der Waals surface area contributed by atoms with Crippen LogP contribution in [0, 0.1) is 4.91 Å². The van der Waals surface area contributed by atoms with Crippen LogP contribution >= 0.6 is 0 Å². The SMILES string of the molecule is CC(=O)CC(C(=O)O)N(CCO)CCN=O. The van der Waals surface area contributed by atoms with Crippen molar-refractivity contribution in [1.82, 2.24) is 4.90 Å². The number of hydrogen-bond acceptors (Lipinski definition) is 6. The molecule has 0 aliphatic rings. The third-order valence-electron chi connectivity index (χ3n) is 2.07. The fourth-order valence-electron chi connectivity index (χ4n) is 1.37. The number of carboxylic acids is 1.